The fourth-order valence-corrected chi connectivity index (χ4v) is 3.53. The molecule has 1 aromatic rings. The van der Waals surface area contributed by atoms with Crippen LogP contribution in [-0.4, -0.2) is 41.1 Å². The summed E-state index contributed by atoms with van der Waals surface area (Å²) >= 11 is 0. The lowest BCUT2D eigenvalue weighted by Gasteiger charge is -2.20. The second-order valence-electron chi connectivity index (χ2n) is 7.91. The minimum absolute atomic E-state index is 0.0926. The van der Waals surface area contributed by atoms with Gasteiger partial charge in [0, 0.05) is 37.2 Å². The Morgan fingerprint density at radius 2 is 2.09 bits per heavy atom. The minimum Gasteiger partial charge on any atom is -0.360 e. The molecule has 0 radical (unpaired) electrons. The second kappa shape index (κ2) is 6.63. The Kier molecular flexibility index (Phi) is 4.76. The molecule has 0 bridgehead atoms. The lowest BCUT2D eigenvalue weighted by atomic mass is 9.93. The van der Waals surface area contributed by atoms with Gasteiger partial charge < -0.3 is 9.84 Å². The van der Waals surface area contributed by atoms with Crippen molar-refractivity contribution in [3.05, 3.63) is 17.5 Å². The molecule has 2 fully saturated rings. The lowest BCUT2D eigenvalue weighted by molar-refractivity contribution is 0.0918. The van der Waals surface area contributed by atoms with Crippen LogP contribution in [0, 0.1) is 11.8 Å². The Morgan fingerprint density at radius 1 is 1.35 bits per heavy atom. The van der Waals surface area contributed by atoms with Gasteiger partial charge in [-0.15, -0.1) is 0 Å². The maximum Gasteiger partial charge on any atom is 0.273 e. The summed E-state index contributed by atoms with van der Waals surface area (Å²) in [6, 6.07) is 2.54. The van der Waals surface area contributed by atoms with Crippen LogP contribution in [0.5, 0.6) is 0 Å². The summed E-state index contributed by atoms with van der Waals surface area (Å²) in [5.41, 5.74) is 0.429. The van der Waals surface area contributed by atoms with Crippen molar-refractivity contribution in [3.8, 4) is 0 Å². The Morgan fingerprint density at radius 3 is 2.70 bits per heavy atom. The number of hydrogen-bond acceptors (Lipinski definition) is 4. The molecule has 1 aliphatic heterocycles. The molecule has 1 amide bonds. The van der Waals surface area contributed by atoms with Crippen molar-refractivity contribution >= 4 is 5.91 Å². The Hall–Kier alpha value is -1.36. The SMILES string of the molecule is CC(C)C[C@@H]1CN(C(C)C)C[C@H]1NC(=O)c1cc(C2CC2)on1. The van der Waals surface area contributed by atoms with E-state index in [0.717, 1.165) is 38.1 Å². The minimum atomic E-state index is -0.0926. The van der Waals surface area contributed by atoms with Crippen LogP contribution in [0.2, 0.25) is 0 Å². The van der Waals surface area contributed by atoms with E-state index in [2.05, 4.69) is 43.1 Å². The van der Waals surface area contributed by atoms with Gasteiger partial charge in [0.2, 0.25) is 0 Å². The van der Waals surface area contributed by atoms with Crippen molar-refractivity contribution in [3.63, 3.8) is 0 Å². The summed E-state index contributed by atoms with van der Waals surface area (Å²) in [7, 11) is 0. The second-order valence-corrected chi connectivity index (χ2v) is 7.91. The zero-order chi connectivity index (χ0) is 16.6. The molecule has 0 unspecified atom stereocenters. The van der Waals surface area contributed by atoms with Gasteiger partial charge in [-0.2, -0.15) is 0 Å². The lowest BCUT2D eigenvalue weighted by Crippen LogP contribution is -2.41. The van der Waals surface area contributed by atoms with Crippen LogP contribution in [0.15, 0.2) is 10.6 Å². The summed E-state index contributed by atoms with van der Waals surface area (Å²) < 4.78 is 5.30. The summed E-state index contributed by atoms with van der Waals surface area (Å²) in [4.78, 5) is 15.0. The predicted octanol–water partition coefficient (Wildman–Crippen LogP) is 3.04. The molecule has 1 aromatic heterocycles. The first-order chi connectivity index (χ1) is 10.9. The smallest absolute Gasteiger partial charge is 0.273 e. The van der Waals surface area contributed by atoms with Gasteiger partial charge in [0.1, 0.15) is 5.76 Å². The Balaban J connectivity index is 1.64. The van der Waals surface area contributed by atoms with Crippen LogP contribution >= 0.6 is 0 Å². The van der Waals surface area contributed by atoms with Crippen molar-refractivity contribution in [2.24, 2.45) is 11.8 Å². The van der Waals surface area contributed by atoms with Crippen LogP contribution in [0.4, 0.5) is 0 Å². The van der Waals surface area contributed by atoms with E-state index in [4.69, 9.17) is 4.52 Å². The van der Waals surface area contributed by atoms with Crippen LogP contribution in [0.3, 0.4) is 0 Å². The molecule has 1 saturated carbocycles. The molecule has 5 heteroatoms. The summed E-state index contributed by atoms with van der Waals surface area (Å²) in [6.45, 7) is 10.9. The number of rotatable bonds is 6. The first-order valence-electron chi connectivity index (χ1n) is 8.95. The van der Waals surface area contributed by atoms with Crippen molar-refractivity contribution < 1.29 is 9.32 Å². The van der Waals surface area contributed by atoms with Crippen molar-refractivity contribution in [1.82, 2.24) is 15.4 Å². The van der Waals surface area contributed by atoms with Crippen LogP contribution in [0.1, 0.15) is 69.1 Å². The summed E-state index contributed by atoms with van der Waals surface area (Å²) in [6.07, 6.45) is 3.44. The van der Waals surface area contributed by atoms with Crippen molar-refractivity contribution in [2.75, 3.05) is 13.1 Å². The molecule has 2 atom stereocenters. The summed E-state index contributed by atoms with van der Waals surface area (Å²) in [5, 5.41) is 7.16. The zero-order valence-corrected chi connectivity index (χ0v) is 14.7. The van der Waals surface area contributed by atoms with Gasteiger partial charge in [-0.1, -0.05) is 19.0 Å². The quantitative estimate of drug-likeness (QED) is 0.875. The topological polar surface area (TPSA) is 58.4 Å². The molecule has 0 spiro atoms. The number of hydrogen-bond donors (Lipinski definition) is 1. The van der Waals surface area contributed by atoms with Crippen molar-refractivity contribution in [2.45, 2.75) is 65.0 Å². The third-order valence-corrected chi connectivity index (χ3v) is 5.03. The maximum atomic E-state index is 12.5. The molecule has 1 aliphatic carbocycles. The van der Waals surface area contributed by atoms with E-state index in [0.29, 0.717) is 29.5 Å². The molecule has 1 saturated heterocycles. The first kappa shape index (κ1) is 16.5. The third kappa shape index (κ3) is 3.94. The monoisotopic (exact) mass is 319 g/mol. The van der Waals surface area contributed by atoms with E-state index < -0.39 is 0 Å². The van der Waals surface area contributed by atoms with Crippen LogP contribution < -0.4 is 5.32 Å². The Bertz CT molecular complexity index is 548. The zero-order valence-electron chi connectivity index (χ0n) is 14.7. The number of carbonyl (C=O) groups excluding carboxylic acids is 1. The van der Waals surface area contributed by atoms with E-state index in [-0.39, 0.29) is 11.9 Å². The largest absolute Gasteiger partial charge is 0.360 e. The molecule has 5 nitrogen and oxygen atoms in total. The van der Waals surface area contributed by atoms with Crippen molar-refractivity contribution in [1.29, 1.82) is 0 Å². The average molecular weight is 319 g/mol. The van der Waals surface area contributed by atoms with Gasteiger partial charge in [-0.05, 0) is 44.9 Å². The van der Waals surface area contributed by atoms with Crippen LogP contribution in [0.25, 0.3) is 0 Å². The van der Waals surface area contributed by atoms with E-state index in [1.165, 1.54) is 0 Å². The molecular formula is C18H29N3O2. The number of likely N-dealkylation sites (tertiary alicyclic amines) is 1. The highest BCUT2D eigenvalue weighted by Crippen LogP contribution is 2.40. The normalized spacial score (nSPS) is 25.5. The molecule has 1 N–H and O–H groups in total. The van der Waals surface area contributed by atoms with Gasteiger partial charge in [0.05, 0.1) is 0 Å². The number of carbonyl (C=O) groups is 1. The fraction of sp³-hybridized carbons (Fsp3) is 0.778. The highest BCUT2D eigenvalue weighted by molar-refractivity contribution is 5.92. The molecular weight excluding hydrogens is 290 g/mol. The predicted molar refractivity (Wildman–Crippen MR) is 89.4 cm³/mol. The average Bonchev–Trinajstić information content (AvgIpc) is 3.07. The van der Waals surface area contributed by atoms with Gasteiger partial charge in [0.15, 0.2) is 5.69 Å². The molecule has 2 aliphatic rings. The highest BCUT2D eigenvalue weighted by Gasteiger charge is 2.36. The summed E-state index contributed by atoms with van der Waals surface area (Å²) in [5.74, 6) is 2.41. The van der Waals surface area contributed by atoms with E-state index in [1.54, 1.807) is 0 Å². The number of aromatic nitrogens is 1. The molecule has 2 heterocycles. The van der Waals surface area contributed by atoms with Gasteiger partial charge in [-0.3, -0.25) is 9.69 Å². The number of amides is 1. The molecule has 3 rings (SSSR count). The van der Waals surface area contributed by atoms with Gasteiger partial charge in [0.25, 0.3) is 5.91 Å². The molecule has 23 heavy (non-hydrogen) atoms. The first-order valence-corrected chi connectivity index (χ1v) is 8.95. The molecule has 0 aromatic carbocycles. The maximum absolute atomic E-state index is 12.5. The van der Waals surface area contributed by atoms with Crippen LogP contribution in [-0.2, 0) is 0 Å². The van der Waals surface area contributed by atoms with Gasteiger partial charge >= 0.3 is 0 Å². The molecule has 128 valence electrons. The standard InChI is InChI=1S/C18H29N3O2/c1-11(2)7-14-9-21(12(3)4)10-16(14)19-18(22)15-8-17(23-20-15)13-5-6-13/h8,11-14,16H,5-7,9-10H2,1-4H3,(H,19,22)/t14-,16-/m1/s1. The van der Waals surface area contributed by atoms with Gasteiger partial charge in [-0.25, -0.2) is 0 Å². The van der Waals surface area contributed by atoms with E-state index in [1.807, 2.05) is 6.07 Å². The number of nitrogens with zero attached hydrogens (tertiary/aromatic N) is 2. The third-order valence-electron chi connectivity index (χ3n) is 5.03. The Labute approximate surface area is 138 Å². The van der Waals surface area contributed by atoms with E-state index >= 15 is 0 Å². The highest BCUT2D eigenvalue weighted by atomic mass is 16.5. The fourth-order valence-electron chi connectivity index (χ4n) is 3.53. The number of nitrogens with one attached hydrogen (secondary N) is 1. The van der Waals surface area contributed by atoms with E-state index in [9.17, 15) is 4.79 Å².